The maximum absolute atomic E-state index is 13.9. The van der Waals surface area contributed by atoms with Gasteiger partial charge in [0.05, 0.1) is 11.4 Å². The van der Waals surface area contributed by atoms with Crippen LogP contribution in [0.3, 0.4) is 0 Å². The van der Waals surface area contributed by atoms with E-state index in [2.05, 4.69) is 0 Å². The van der Waals surface area contributed by atoms with Crippen molar-refractivity contribution in [3.05, 3.63) is 23.5 Å². The number of anilines is 1. The van der Waals surface area contributed by atoms with Gasteiger partial charge in [0.25, 0.3) is 0 Å². The number of hydrazine groups is 2. The monoisotopic (exact) mass is 342 g/mol. The number of halogens is 4. The first-order chi connectivity index (χ1) is 9.53. The lowest BCUT2D eigenvalue weighted by molar-refractivity contribution is -0.105. The van der Waals surface area contributed by atoms with Crippen molar-refractivity contribution in [2.45, 2.75) is 18.0 Å². The van der Waals surface area contributed by atoms with Crippen LogP contribution in [0.2, 0.25) is 0 Å². The fourth-order valence-electron chi connectivity index (χ4n) is 1.41. The lowest BCUT2D eigenvalue weighted by Gasteiger charge is -2.25. The van der Waals surface area contributed by atoms with Crippen molar-refractivity contribution >= 4 is 34.8 Å². The molecule has 118 valence electrons. The highest BCUT2D eigenvalue weighted by atomic mass is 32.2. The first-order valence-electron chi connectivity index (χ1n) is 5.60. The molecule has 0 radical (unpaired) electrons. The van der Waals surface area contributed by atoms with E-state index in [9.17, 15) is 17.6 Å². The Labute approximate surface area is 129 Å². The van der Waals surface area contributed by atoms with Crippen LogP contribution in [0.1, 0.15) is 5.56 Å². The van der Waals surface area contributed by atoms with Gasteiger partial charge in [-0.25, -0.2) is 16.1 Å². The Morgan fingerprint density at radius 2 is 1.90 bits per heavy atom. The average Bonchev–Trinajstić information content (AvgIpc) is 2.34. The zero-order valence-corrected chi connectivity index (χ0v) is 12.9. The molecule has 0 spiro atoms. The summed E-state index contributed by atoms with van der Waals surface area (Å²) in [6, 6.07) is 2.32. The number of benzene rings is 1. The molecule has 0 aliphatic carbocycles. The maximum Gasteiger partial charge on any atom is 0.398 e. The fourth-order valence-corrected chi connectivity index (χ4v) is 2.31. The van der Waals surface area contributed by atoms with Crippen LogP contribution >= 0.6 is 24.0 Å². The van der Waals surface area contributed by atoms with E-state index in [-0.39, 0.29) is 15.7 Å². The number of nitrogens with zero attached hydrogens (tertiary/aromatic N) is 2. The Morgan fingerprint density at radius 3 is 2.38 bits per heavy atom. The molecule has 0 aliphatic rings. The Balaban J connectivity index is 3.09. The van der Waals surface area contributed by atoms with Crippen LogP contribution in [0.25, 0.3) is 0 Å². The van der Waals surface area contributed by atoms with Crippen molar-refractivity contribution in [1.29, 1.82) is 0 Å². The van der Waals surface area contributed by atoms with E-state index in [0.717, 1.165) is 16.1 Å². The van der Waals surface area contributed by atoms with Gasteiger partial charge in [0.15, 0.2) is 0 Å². The van der Waals surface area contributed by atoms with Gasteiger partial charge >= 0.3 is 6.18 Å². The largest absolute Gasteiger partial charge is 0.398 e. The summed E-state index contributed by atoms with van der Waals surface area (Å²) >= 11 is 5.44. The molecule has 10 heteroatoms. The summed E-state index contributed by atoms with van der Waals surface area (Å²) in [7, 11) is 1.41. The van der Waals surface area contributed by atoms with Crippen LogP contribution < -0.4 is 16.7 Å². The van der Waals surface area contributed by atoms with Crippen molar-refractivity contribution in [2.24, 2.45) is 11.7 Å². The molecule has 0 amide bonds. The number of alkyl halides is 3. The molecule has 1 aromatic carbocycles. The van der Waals surface area contributed by atoms with E-state index in [4.69, 9.17) is 23.9 Å². The van der Waals surface area contributed by atoms with Gasteiger partial charge in [0.1, 0.15) is 5.82 Å². The van der Waals surface area contributed by atoms with Crippen LogP contribution in [0, 0.1) is 12.7 Å². The molecule has 0 saturated carbocycles. The Hall–Kier alpha value is -1.10. The molecule has 0 atom stereocenters. The minimum atomic E-state index is -4.32. The number of rotatable bonds is 3. The van der Waals surface area contributed by atoms with E-state index in [1.165, 1.54) is 20.0 Å². The molecular weight excluding hydrogens is 328 g/mol. The molecule has 4 N–H and O–H groups in total. The second-order valence-corrected chi connectivity index (χ2v) is 5.62. The Morgan fingerprint density at radius 1 is 1.33 bits per heavy atom. The van der Waals surface area contributed by atoms with Gasteiger partial charge in [-0.2, -0.15) is 13.2 Å². The maximum atomic E-state index is 13.9. The van der Waals surface area contributed by atoms with Crippen molar-refractivity contribution in [3.63, 3.8) is 0 Å². The van der Waals surface area contributed by atoms with Gasteiger partial charge in [0, 0.05) is 11.9 Å². The normalized spacial score (nSPS) is 11.4. The Bertz CT molecular complexity index is 534. The van der Waals surface area contributed by atoms with E-state index in [1.54, 1.807) is 0 Å². The molecule has 0 unspecified atom stereocenters. The second kappa shape index (κ2) is 6.77. The SMILES string of the molecule is Cc1cc(F)c(N(N)C(=S)N(C)N)cc1SCC(F)(F)F. The summed E-state index contributed by atoms with van der Waals surface area (Å²) in [4.78, 5) is 0.265. The molecule has 0 bridgehead atoms. The third-order valence-electron chi connectivity index (χ3n) is 2.40. The molecule has 1 aromatic rings. The lowest BCUT2D eigenvalue weighted by Crippen LogP contribution is -2.48. The van der Waals surface area contributed by atoms with Gasteiger partial charge in [-0.05, 0) is 36.8 Å². The summed E-state index contributed by atoms with van der Waals surface area (Å²) in [5.74, 6) is 9.26. The Kier molecular flexibility index (Phi) is 5.79. The number of aryl methyl sites for hydroxylation is 1. The second-order valence-electron chi connectivity index (χ2n) is 4.24. The number of hydrogen-bond donors (Lipinski definition) is 2. The smallest absolute Gasteiger partial charge is 0.289 e. The lowest BCUT2D eigenvalue weighted by atomic mass is 10.2. The summed E-state index contributed by atoms with van der Waals surface area (Å²) < 4.78 is 50.7. The number of thioether (sulfide) groups is 1. The minimum Gasteiger partial charge on any atom is -0.289 e. The minimum absolute atomic E-state index is 0.0791. The fraction of sp³-hybridized carbons (Fsp3) is 0.364. The zero-order chi connectivity index (χ0) is 16.4. The summed E-state index contributed by atoms with van der Waals surface area (Å²) in [6.07, 6.45) is -4.32. The van der Waals surface area contributed by atoms with Gasteiger partial charge in [-0.15, -0.1) is 11.8 Å². The molecule has 21 heavy (non-hydrogen) atoms. The highest BCUT2D eigenvalue weighted by Gasteiger charge is 2.28. The van der Waals surface area contributed by atoms with Gasteiger partial charge in [0.2, 0.25) is 5.11 Å². The van der Waals surface area contributed by atoms with Crippen LogP contribution in [-0.2, 0) is 0 Å². The summed E-state index contributed by atoms with van der Waals surface area (Å²) in [6.45, 7) is 1.51. The molecule has 0 saturated heterocycles. The van der Waals surface area contributed by atoms with Crippen molar-refractivity contribution in [1.82, 2.24) is 5.01 Å². The third kappa shape index (κ3) is 4.99. The van der Waals surface area contributed by atoms with E-state index < -0.39 is 17.7 Å². The molecule has 1 rings (SSSR count). The topological polar surface area (TPSA) is 58.5 Å². The number of hydrogen-bond acceptors (Lipinski definition) is 4. The number of nitrogens with two attached hydrogens (primary N) is 2. The zero-order valence-electron chi connectivity index (χ0n) is 11.2. The first kappa shape index (κ1) is 18.0. The standard InChI is InChI=1S/C11H14F4N4S2/c1-6-3-7(12)8(19(17)10(20)18(2)16)4-9(6)21-5-11(13,14)15/h3-4H,5,16-17H2,1-2H3. The predicted octanol–water partition coefficient (Wildman–Crippen LogP) is 2.56. The van der Waals surface area contributed by atoms with Crippen LogP contribution in [0.15, 0.2) is 17.0 Å². The quantitative estimate of drug-likeness (QED) is 0.289. The average molecular weight is 342 g/mol. The molecule has 4 nitrogen and oxygen atoms in total. The van der Waals surface area contributed by atoms with Crippen LogP contribution in [0.4, 0.5) is 23.2 Å². The third-order valence-corrected chi connectivity index (χ3v) is 4.11. The van der Waals surface area contributed by atoms with Crippen molar-refractivity contribution in [3.8, 4) is 0 Å². The van der Waals surface area contributed by atoms with Crippen LogP contribution in [-0.4, -0.2) is 29.1 Å². The van der Waals surface area contributed by atoms with Crippen molar-refractivity contribution in [2.75, 3.05) is 17.8 Å². The summed E-state index contributed by atoms with van der Waals surface area (Å²) in [5.41, 5.74) is 0.235. The van der Waals surface area contributed by atoms with E-state index >= 15 is 0 Å². The highest BCUT2D eigenvalue weighted by molar-refractivity contribution is 7.99. The van der Waals surface area contributed by atoms with Gasteiger partial charge < -0.3 is 0 Å². The van der Waals surface area contributed by atoms with E-state index in [0.29, 0.717) is 17.3 Å². The van der Waals surface area contributed by atoms with Gasteiger partial charge in [-0.3, -0.25) is 10.0 Å². The predicted molar refractivity (Wildman–Crippen MR) is 79.1 cm³/mol. The van der Waals surface area contributed by atoms with Crippen LogP contribution in [0.5, 0.6) is 0 Å². The molecule has 0 aliphatic heterocycles. The molecule has 0 aromatic heterocycles. The molecule has 0 fully saturated rings. The molecule has 0 heterocycles. The number of thiocarbonyl (C=S) groups is 1. The molecular formula is C11H14F4N4S2. The first-order valence-corrected chi connectivity index (χ1v) is 6.99. The van der Waals surface area contributed by atoms with Crippen molar-refractivity contribution < 1.29 is 17.6 Å². The van der Waals surface area contributed by atoms with E-state index in [1.807, 2.05) is 0 Å². The highest BCUT2D eigenvalue weighted by Crippen LogP contribution is 2.33. The van der Waals surface area contributed by atoms with Gasteiger partial charge in [-0.1, -0.05) is 0 Å². The summed E-state index contributed by atoms with van der Waals surface area (Å²) in [5, 5.41) is 1.73.